The Morgan fingerprint density at radius 2 is 2.19 bits per heavy atom. The molecule has 0 radical (unpaired) electrons. The van der Waals surface area contributed by atoms with Gasteiger partial charge in [0.1, 0.15) is 0 Å². The highest BCUT2D eigenvalue weighted by atomic mass is 32.1. The van der Waals surface area contributed by atoms with Crippen LogP contribution in [0, 0.1) is 0 Å². The predicted octanol–water partition coefficient (Wildman–Crippen LogP) is 3.94. The number of thiophene rings is 1. The molecule has 1 aliphatic rings. The van der Waals surface area contributed by atoms with Crippen molar-refractivity contribution in [1.82, 2.24) is 15.1 Å². The largest absolute Gasteiger partial charge is 0.423 e. The lowest BCUT2D eigenvalue weighted by Crippen LogP contribution is -2.34. The minimum absolute atomic E-state index is 0.0855. The third kappa shape index (κ3) is 2.90. The number of hydrogen-bond acceptors (Lipinski definition) is 5. The van der Waals surface area contributed by atoms with E-state index >= 15 is 0 Å². The summed E-state index contributed by atoms with van der Waals surface area (Å²) in [5.41, 5.74) is 1.40. The molecule has 2 aromatic rings. The van der Waals surface area contributed by atoms with Crippen LogP contribution in [0.25, 0.3) is 0 Å². The van der Waals surface area contributed by atoms with Crippen molar-refractivity contribution in [3.63, 3.8) is 0 Å². The molecule has 1 aliphatic heterocycles. The average molecular weight is 305 g/mol. The van der Waals surface area contributed by atoms with Gasteiger partial charge in [0.05, 0.1) is 6.54 Å². The predicted molar refractivity (Wildman–Crippen MR) is 84.5 cm³/mol. The molecule has 1 atom stereocenters. The van der Waals surface area contributed by atoms with Gasteiger partial charge in [-0.15, -0.1) is 21.5 Å². The maximum absolute atomic E-state index is 5.85. The maximum atomic E-state index is 5.85. The molecule has 21 heavy (non-hydrogen) atoms. The van der Waals surface area contributed by atoms with Crippen molar-refractivity contribution in [2.24, 2.45) is 0 Å². The first kappa shape index (κ1) is 14.7. The van der Waals surface area contributed by atoms with Crippen molar-refractivity contribution in [1.29, 1.82) is 0 Å². The van der Waals surface area contributed by atoms with Crippen LogP contribution in [0.15, 0.2) is 15.9 Å². The quantitative estimate of drug-likeness (QED) is 0.861. The van der Waals surface area contributed by atoms with Gasteiger partial charge in [0, 0.05) is 22.9 Å². The van der Waals surface area contributed by atoms with E-state index < -0.39 is 0 Å². The lowest BCUT2D eigenvalue weighted by Gasteiger charge is -2.34. The lowest BCUT2D eigenvalue weighted by atomic mass is 9.97. The molecule has 0 amide bonds. The molecule has 0 aliphatic carbocycles. The number of aromatic nitrogens is 2. The molecule has 0 aromatic carbocycles. The fourth-order valence-corrected chi connectivity index (χ4v) is 3.84. The Hall–Kier alpha value is -1.20. The van der Waals surface area contributed by atoms with E-state index in [2.05, 4.69) is 54.2 Å². The summed E-state index contributed by atoms with van der Waals surface area (Å²) in [6.07, 6.45) is 2.24. The van der Waals surface area contributed by atoms with Crippen molar-refractivity contribution in [2.45, 2.75) is 58.5 Å². The van der Waals surface area contributed by atoms with Gasteiger partial charge in [0.15, 0.2) is 0 Å². The van der Waals surface area contributed by atoms with Gasteiger partial charge < -0.3 is 4.42 Å². The van der Waals surface area contributed by atoms with E-state index in [1.54, 1.807) is 4.88 Å². The van der Waals surface area contributed by atoms with Gasteiger partial charge in [-0.05, 0) is 29.9 Å². The summed E-state index contributed by atoms with van der Waals surface area (Å²) in [7, 11) is 0. The molecule has 5 heteroatoms. The van der Waals surface area contributed by atoms with Gasteiger partial charge in [0.2, 0.25) is 11.8 Å². The Bertz CT molecular complexity index is 611. The zero-order valence-electron chi connectivity index (χ0n) is 13.2. The Morgan fingerprint density at radius 3 is 2.86 bits per heavy atom. The zero-order valence-corrected chi connectivity index (χ0v) is 14.0. The van der Waals surface area contributed by atoms with Crippen LogP contribution in [0.2, 0.25) is 0 Å². The molecule has 0 unspecified atom stereocenters. The number of fused-ring (bicyclic) bond motifs is 1. The SMILES string of the molecule is CC[C@H]1c2ccsc2CCN1Cc1nnc(C(C)(C)C)o1. The van der Waals surface area contributed by atoms with E-state index in [0.717, 1.165) is 37.7 Å². The minimum Gasteiger partial charge on any atom is -0.423 e. The normalized spacial score (nSPS) is 19.7. The smallest absolute Gasteiger partial charge is 0.230 e. The van der Waals surface area contributed by atoms with Gasteiger partial charge in [-0.1, -0.05) is 27.7 Å². The maximum Gasteiger partial charge on any atom is 0.230 e. The van der Waals surface area contributed by atoms with Gasteiger partial charge in [0.25, 0.3) is 0 Å². The zero-order chi connectivity index (χ0) is 15.0. The lowest BCUT2D eigenvalue weighted by molar-refractivity contribution is 0.155. The van der Waals surface area contributed by atoms with Crippen LogP contribution in [-0.2, 0) is 18.4 Å². The fourth-order valence-electron chi connectivity index (χ4n) is 2.91. The Kier molecular flexibility index (Phi) is 3.88. The number of hydrogen-bond donors (Lipinski definition) is 0. The standard InChI is InChI=1S/C16H23N3OS/c1-5-12-11-7-9-21-13(11)6-8-19(12)10-14-17-18-15(20-14)16(2,3)4/h7,9,12H,5-6,8,10H2,1-4H3/t12-/m0/s1. The average Bonchev–Trinajstić information content (AvgIpc) is 3.06. The summed E-state index contributed by atoms with van der Waals surface area (Å²) in [5.74, 6) is 1.45. The Balaban J connectivity index is 1.77. The molecule has 3 heterocycles. The highest BCUT2D eigenvalue weighted by Crippen LogP contribution is 2.36. The van der Waals surface area contributed by atoms with E-state index in [0.29, 0.717) is 6.04 Å². The summed E-state index contributed by atoms with van der Waals surface area (Å²) >= 11 is 1.88. The van der Waals surface area contributed by atoms with Crippen LogP contribution in [0.3, 0.4) is 0 Å². The van der Waals surface area contributed by atoms with Crippen LogP contribution in [0.4, 0.5) is 0 Å². The van der Waals surface area contributed by atoms with Crippen molar-refractivity contribution in [3.8, 4) is 0 Å². The van der Waals surface area contributed by atoms with Gasteiger partial charge >= 0.3 is 0 Å². The van der Waals surface area contributed by atoms with E-state index in [4.69, 9.17) is 4.42 Å². The van der Waals surface area contributed by atoms with E-state index in [1.807, 2.05) is 11.3 Å². The van der Waals surface area contributed by atoms with Gasteiger partial charge in [-0.3, -0.25) is 4.90 Å². The first-order valence-electron chi connectivity index (χ1n) is 7.62. The summed E-state index contributed by atoms with van der Waals surface area (Å²) in [6.45, 7) is 10.3. The number of rotatable bonds is 3. The van der Waals surface area contributed by atoms with Crippen molar-refractivity contribution < 1.29 is 4.42 Å². The second-order valence-corrected chi connectivity index (χ2v) is 7.70. The van der Waals surface area contributed by atoms with Crippen molar-refractivity contribution in [3.05, 3.63) is 33.7 Å². The first-order chi connectivity index (χ1) is 9.99. The molecule has 114 valence electrons. The first-order valence-corrected chi connectivity index (χ1v) is 8.50. The molecule has 2 aromatic heterocycles. The van der Waals surface area contributed by atoms with E-state index in [-0.39, 0.29) is 5.41 Å². The summed E-state index contributed by atoms with van der Waals surface area (Å²) in [6, 6.07) is 2.75. The van der Waals surface area contributed by atoms with Crippen LogP contribution < -0.4 is 0 Å². The number of nitrogens with zero attached hydrogens (tertiary/aromatic N) is 3. The summed E-state index contributed by atoms with van der Waals surface area (Å²) in [4.78, 5) is 4.01. The third-order valence-electron chi connectivity index (χ3n) is 4.04. The molecular weight excluding hydrogens is 282 g/mol. The van der Waals surface area contributed by atoms with Gasteiger partial charge in [-0.25, -0.2) is 0 Å². The highest BCUT2D eigenvalue weighted by molar-refractivity contribution is 7.10. The van der Waals surface area contributed by atoms with Crippen LogP contribution >= 0.6 is 11.3 Å². The molecule has 0 saturated heterocycles. The second kappa shape index (κ2) is 5.54. The van der Waals surface area contributed by atoms with Crippen molar-refractivity contribution >= 4 is 11.3 Å². The fraction of sp³-hybridized carbons (Fsp3) is 0.625. The highest BCUT2D eigenvalue weighted by Gasteiger charge is 2.29. The second-order valence-electron chi connectivity index (χ2n) is 6.69. The van der Waals surface area contributed by atoms with Crippen LogP contribution in [0.1, 0.15) is 62.4 Å². The molecular formula is C16H23N3OS. The molecule has 3 rings (SSSR count). The molecule has 0 saturated carbocycles. The van der Waals surface area contributed by atoms with E-state index in [1.165, 1.54) is 5.56 Å². The topological polar surface area (TPSA) is 42.2 Å². The van der Waals surface area contributed by atoms with Crippen LogP contribution in [-0.4, -0.2) is 21.6 Å². The van der Waals surface area contributed by atoms with Crippen molar-refractivity contribution in [2.75, 3.05) is 6.54 Å². The molecule has 4 nitrogen and oxygen atoms in total. The Morgan fingerprint density at radius 1 is 1.38 bits per heavy atom. The van der Waals surface area contributed by atoms with Gasteiger partial charge in [-0.2, -0.15) is 0 Å². The molecule has 0 fully saturated rings. The summed E-state index contributed by atoms with van der Waals surface area (Å²) in [5, 5.41) is 10.6. The Labute approximate surface area is 130 Å². The molecule has 0 spiro atoms. The molecule has 0 bridgehead atoms. The van der Waals surface area contributed by atoms with E-state index in [9.17, 15) is 0 Å². The summed E-state index contributed by atoms with van der Waals surface area (Å²) < 4.78 is 5.85. The minimum atomic E-state index is -0.0855. The third-order valence-corrected chi connectivity index (χ3v) is 5.04. The van der Waals surface area contributed by atoms with Crippen LogP contribution in [0.5, 0.6) is 0 Å². The molecule has 0 N–H and O–H groups in total. The monoisotopic (exact) mass is 305 g/mol.